The van der Waals surface area contributed by atoms with Crippen LogP contribution in [-0.2, 0) is 4.74 Å². The van der Waals surface area contributed by atoms with Gasteiger partial charge in [-0.15, -0.1) is 0 Å². The van der Waals surface area contributed by atoms with Crippen LogP contribution in [-0.4, -0.2) is 54.1 Å². The highest BCUT2D eigenvalue weighted by molar-refractivity contribution is 5.97. The fraction of sp³-hybridized carbons (Fsp3) is 0.300. The van der Waals surface area contributed by atoms with Gasteiger partial charge < -0.3 is 19.3 Å². The molecular weight excluding hydrogens is 332 g/mol. The van der Waals surface area contributed by atoms with Gasteiger partial charge in [0.1, 0.15) is 11.5 Å². The lowest BCUT2D eigenvalue weighted by Gasteiger charge is -2.22. The van der Waals surface area contributed by atoms with Gasteiger partial charge >= 0.3 is 6.09 Å². The Bertz CT molecular complexity index is 839. The van der Waals surface area contributed by atoms with Crippen LogP contribution in [0.3, 0.4) is 0 Å². The average Bonchev–Trinajstić information content (AvgIpc) is 3.18. The van der Waals surface area contributed by atoms with Gasteiger partial charge in [-0.25, -0.2) is 4.79 Å². The Morgan fingerprint density at radius 3 is 2.54 bits per heavy atom. The van der Waals surface area contributed by atoms with E-state index < -0.39 is 5.60 Å². The van der Waals surface area contributed by atoms with Crippen LogP contribution in [0.5, 0.6) is 11.5 Å². The normalized spacial score (nSPS) is 22.0. The van der Waals surface area contributed by atoms with E-state index in [1.165, 1.54) is 0 Å². The third kappa shape index (κ3) is 2.98. The van der Waals surface area contributed by atoms with Crippen molar-refractivity contribution in [3.63, 3.8) is 0 Å². The van der Waals surface area contributed by atoms with Crippen LogP contribution in [0.25, 0.3) is 0 Å². The summed E-state index contributed by atoms with van der Waals surface area (Å²) in [6.07, 6.45) is 0.323. The molecule has 0 aromatic heterocycles. The first-order chi connectivity index (χ1) is 12.6. The minimum atomic E-state index is -0.587. The lowest BCUT2D eigenvalue weighted by molar-refractivity contribution is 0.0552. The first kappa shape index (κ1) is 16.4. The third-order valence-corrected chi connectivity index (χ3v) is 4.83. The van der Waals surface area contributed by atoms with Gasteiger partial charge in [-0.05, 0) is 24.3 Å². The predicted molar refractivity (Wildman–Crippen MR) is 95.3 cm³/mol. The number of carbonyl (C=O) groups is 2. The zero-order valence-corrected chi connectivity index (χ0v) is 14.6. The molecule has 6 heteroatoms. The van der Waals surface area contributed by atoms with Crippen molar-refractivity contribution in [1.82, 2.24) is 9.80 Å². The van der Waals surface area contributed by atoms with Crippen LogP contribution < -0.4 is 4.74 Å². The zero-order valence-electron chi connectivity index (χ0n) is 14.6. The number of ether oxygens (including phenoxy) is 2. The predicted octanol–water partition coefficient (Wildman–Crippen LogP) is 3.15. The largest absolute Gasteiger partial charge is 0.457 e. The lowest BCUT2D eigenvalue weighted by Crippen LogP contribution is -2.39. The fourth-order valence-corrected chi connectivity index (χ4v) is 3.54. The van der Waals surface area contributed by atoms with Gasteiger partial charge in [0.15, 0.2) is 5.60 Å². The molecule has 2 aromatic carbocycles. The molecule has 0 unspecified atom stereocenters. The molecule has 4 rings (SSSR count). The zero-order chi connectivity index (χ0) is 18.1. The first-order valence-corrected chi connectivity index (χ1v) is 8.62. The third-order valence-electron chi connectivity index (χ3n) is 4.83. The Morgan fingerprint density at radius 2 is 1.81 bits per heavy atom. The topological polar surface area (TPSA) is 59.1 Å². The fourth-order valence-electron chi connectivity index (χ4n) is 3.54. The number of carbonyl (C=O) groups excluding carboxylic acids is 2. The molecule has 0 saturated carbocycles. The standard InChI is InChI=1S/C20H20N2O4/c1-21-13-20(26-19(21)24)11-12-22(14-20)18(23)16-9-5-6-10-17(16)25-15-7-3-2-4-8-15/h2-10H,11-14H2,1H3/t20-/m1/s1. The lowest BCUT2D eigenvalue weighted by atomic mass is 10.0. The highest BCUT2D eigenvalue weighted by atomic mass is 16.6. The number of rotatable bonds is 3. The highest BCUT2D eigenvalue weighted by Crippen LogP contribution is 2.34. The minimum absolute atomic E-state index is 0.112. The van der Waals surface area contributed by atoms with E-state index in [-0.39, 0.29) is 12.0 Å². The van der Waals surface area contributed by atoms with E-state index in [1.807, 2.05) is 42.5 Å². The van der Waals surface area contributed by atoms with E-state index in [1.54, 1.807) is 29.0 Å². The van der Waals surface area contributed by atoms with Gasteiger partial charge in [-0.2, -0.15) is 0 Å². The van der Waals surface area contributed by atoms with Crippen molar-refractivity contribution in [2.24, 2.45) is 0 Å². The maximum Gasteiger partial charge on any atom is 0.410 e. The first-order valence-electron chi connectivity index (χ1n) is 8.62. The summed E-state index contributed by atoms with van der Waals surface area (Å²) >= 11 is 0. The van der Waals surface area contributed by atoms with Gasteiger partial charge in [-0.1, -0.05) is 30.3 Å². The van der Waals surface area contributed by atoms with E-state index in [9.17, 15) is 9.59 Å². The van der Waals surface area contributed by atoms with Gasteiger partial charge in [0.25, 0.3) is 5.91 Å². The molecule has 0 bridgehead atoms. The summed E-state index contributed by atoms with van der Waals surface area (Å²) < 4.78 is 11.4. The van der Waals surface area contributed by atoms with Crippen molar-refractivity contribution in [2.45, 2.75) is 12.0 Å². The molecule has 0 N–H and O–H groups in total. The van der Waals surface area contributed by atoms with Crippen molar-refractivity contribution in [3.8, 4) is 11.5 Å². The average molecular weight is 352 g/mol. The number of hydrogen-bond acceptors (Lipinski definition) is 4. The SMILES string of the molecule is CN1C[C@@]2(CCN(C(=O)c3ccccc3Oc3ccccc3)C2)OC1=O. The molecule has 1 spiro atoms. The Kier molecular flexibility index (Phi) is 4.03. The second-order valence-corrected chi connectivity index (χ2v) is 6.80. The summed E-state index contributed by atoms with van der Waals surface area (Å²) in [5.41, 5.74) is -0.0810. The second kappa shape index (κ2) is 6.37. The summed E-state index contributed by atoms with van der Waals surface area (Å²) in [4.78, 5) is 28.1. The van der Waals surface area contributed by atoms with E-state index in [0.29, 0.717) is 43.1 Å². The summed E-state index contributed by atoms with van der Waals surface area (Å²) in [7, 11) is 1.71. The summed E-state index contributed by atoms with van der Waals surface area (Å²) in [5, 5.41) is 0. The van der Waals surface area contributed by atoms with Gasteiger partial charge in [-0.3, -0.25) is 4.79 Å². The van der Waals surface area contributed by atoms with Crippen LogP contribution >= 0.6 is 0 Å². The van der Waals surface area contributed by atoms with Gasteiger partial charge in [0.05, 0.1) is 18.7 Å². The molecule has 0 aliphatic carbocycles. The summed E-state index contributed by atoms with van der Waals surface area (Å²) in [5.74, 6) is 1.08. The smallest absolute Gasteiger partial charge is 0.410 e. The highest BCUT2D eigenvalue weighted by Gasteiger charge is 2.49. The molecular formula is C20H20N2O4. The number of likely N-dealkylation sites (N-methyl/N-ethyl adjacent to an activating group) is 1. The Labute approximate surface area is 151 Å². The molecule has 2 saturated heterocycles. The van der Waals surface area contributed by atoms with Crippen LogP contribution in [0.4, 0.5) is 4.79 Å². The number of hydrogen-bond donors (Lipinski definition) is 0. The van der Waals surface area contributed by atoms with Crippen LogP contribution in [0.1, 0.15) is 16.8 Å². The maximum atomic E-state index is 13.1. The van der Waals surface area contributed by atoms with Crippen LogP contribution in [0, 0.1) is 0 Å². The van der Waals surface area contributed by atoms with Crippen molar-refractivity contribution in [2.75, 3.05) is 26.7 Å². The molecule has 2 heterocycles. The summed E-state index contributed by atoms with van der Waals surface area (Å²) in [6.45, 7) is 1.47. The molecule has 2 fully saturated rings. The molecule has 0 radical (unpaired) electrons. The van der Waals surface area contributed by atoms with E-state index in [2.05, 4.69) is 0 Å². The Morgan fingerprint density at radius 1 is 1.08 bits per heavy atom. The van der Waals surface area contributed by atoms with E-state index >= 15 is 0 Å². The van der Waals surface area contributed by atoms with E-state index in [0.717, 1.165) is 0 Å². The van der Waals surface area contributed by atoms with Crippen molar-refractivity contribution >= 4 is 12.0 Å². The number of nitrogens with zero attached hydrogens (tertiary/aromatic N) is 2. The van der Waals surface area contributed by atoms with Crippen molar-refractivity contribution in [3.05, 3.63) is 60.2 Å². The minimum Gasteiger partial charge on any atom is -0.457 e. The quantitative estimate of drug-likeness (QED) is 0.851. The Balaban J connectivity index is 1.53. The summed E-state index contributed by atoms with van der Waals surface area (Å²) in [6, 6.07) is 16.6. The molecule has 6 nitrogen and oxygen atoms in total. The van der Waals surface area contributed by atoms with Crippen molar-refractivity contribution in [1.29, 1.82) is 0 Å². The molecule has 2 aliphatic rings. The molecule has 1 atom stereocenters. The van der Waals surface area contributed by atoms with Crippen molar-refractivity contribution < 1.29 is 19.1 Å². The molecule has 134 valence electrons. The van der Waals surface area contributed by atoms with Crippen LogP contribution in [0.15, 0.2) is 54.6 Å². The van der Waals surface area contributed by atoms with Gasteiger partial charge in [0.2, 0.25) is 0 Å². The molecule has 2 aromatic rings. The number of likely N-dealkylation sites (tertiary alicyclic amines) is 1. The van der Waals surface area contributed by atoms with Gasteiger partial charge in [0, 0.05) is 20.0 Å². The monoisotopic (exact) mass is 352 g/mol. The number of amides is 2. The maximum absolute atomic E-state index is 13.1. The van der Waals surface area contributed by atoms with Crippen LogP contribution in [0.2, 0.25) is 0 Å². The number of para-hydroxylation sites is 2. The second-order valence-electron chi connectivity index (χ2n) is 6.80. The molecule has 2 amide bonds. The molecule has 2 aliphatic heterocycles. The molecule has 26 heavy (non-hydrogen) atoms. The van der Waals surface area contributed by atoms with E-state index in [4.69, 9.17) is 9.47 Å². The Hall–Kier alpha value is -3.02. The number of benzene rings is 2.